The first-order valence-corrected chi connectivity index (χ1v) is 6.75. The number of furan rings is 1. The number of hydrogen-bond acceptors (Lipinski definition) is 5. The van der Waals surface area contributed by atoms with Crippen LogP contribution in [0.2, 0.25) is 0 Å². The number of carbonyl (C=O) groups excluding carboxylic acids is 2. The van der Waals surface area contributed by atoms with E-state index in [2.05, 4.69) is 0 Å². The predicted octanol–water partition coefficient (Wildman–Crippen LogP) is 2.78. The van der Waals surface area contributed by atoms with Crippen molar-refractivity contribution in [1.82, 2.24) is 4.90 Å². The Morgan fingerprint density at radius 3 is 2.43 bits per heavy atom. The molecule has 0 unspecified atom stereocenters. The van der Waals surface area contributed by atoms with Crippen LogP contribution >= 0.6 is 0 Å². The first-order valence-electron chi connectivity index (χ1n) is 6.75. The van der Waals surface area contributed by atoms with Crippen molar-refractivity contribution in [3.63, 3.8) is 0 Å². The monoisotopic (exact) mass is 289 g/mol. The highest BCUT2D eigenvalue weighted by atomic mass is 16.5. The molecule has 0 N–H and O–H groups in total. The fraction of sp³-hybridized carbons (Fsp3) is 0.375. The van der Waals surface area contributed by atoms with E-state index in [-0.39, 0.29) is 11.6 Å². The topological polar surface area (TPSA) is 59.8 Å². The quantitative estimate of drug-likeness (QED) is 0.765. The van der Waals surface area contributed by atoms with Crippen LogP contribution in [0, 0.1) is 0 Å². The SMILES string of the molecule is CC(=O)c1cc(C(C)=O)c2ccoc2c1OCCN(C)C. The van der Waals surface area contributed by atoms with Crippen molar-refractivity contribution in [3.8, 4) is 5.75 Å². The maximum atomic E-state index is 11.9. The molecule has 0 fully saturated rings. The maximum absolute atomic E-state index is 11.9. The average molecular weight is 289 g/mol. The number of hydrogen-bond donors (Lipinski definition) is 0. The van der Waals surface area contributed by atoms with Gasteiger partial charge in [-0.15, -0.1) is 0 Å². The van der Waals surface area contributed by atoms with Gasteiger partial charge in [-0.3, -0.25) is 9.59 Å². The summed E-state index contributed by atoms with van der Waals surface area (Å²) in [6.45, 7) is 4.07. The van der Waals surface area contributed by atoms with Gasteiger partial charge in [0.1, 0.15) is 6.61 Å². The van der Waals surface area contributed by atoms with Gasteiger partial charge in [-0.1, -0.05) is 0 Å². The van der Waals surface area contributed by atoms with Crippen LogP contribution < -0.4 is 4.74 Å². The van der Waals surface area contributed by atoms with Crippen molar-refractivity contribution in [2.24, 2.45) is 0 Å². The lowest BCUT2D eigenvalue weighted by Crippen LogP contribution is -2.20. The molecule has 1 aromatic carbocycles. The van der Waals surface area contributed by atoms with Crippen molar-refractivity contribution in [2.75, 3.05) is 27.2 Å². The summed E-state index contributed by atoms with van der Waals surface area (Å²) in [5.74, 6) is 0.147. The first-order chi connectivity index (χ1) is 9.91. The van der Waals surface area contributed by atoms with Crippen molar-refractivity contribution in [2.45, 2.75) is 13.8 Å². The summed E-state index contributed by atoms with van der Waals surface area (Å²) in [7, 11) is 3.88. The summed E-state index contributed by atoms with van der Waals surface area (Å²) in [5, 5.41) is 0.673. The number of nitrogens with zero attached hydrogens (tertiary/aromatic N) is 1. The predicted molar refractivity (Wildman–Crippen MR) is 80.3 cm³/mol. The zero-order valence-electron chi connectivity index (χ0n) is 12.7. The molecular weight excluding hydrogens is 270 g/mol. The normalized spacial score (nSPS) is 11.1. The molecule has 2 aromatic rings. The van der Waals surface area contributed by atoms with Gasteiger partial charge < -0.3 is 14.1 Å². The zero-order chi connectivity index (χ0) is 15.6. The van der Waals surface area contributed by atoms with Crippen LogP contribution in [0.4, 0.5) is 0 Å². The third-order valence-electron chi connectivity index (χ3n) is 3.24. The Hall–Kier alpha value is -2.14. The molecule has 0 aliphatic heterocycles. The number of likely N-dealkylation sites (N-methyl/N-ethyl adjacent to an activating group) is 1. The van der Waals surface area contributed by atoms with E-state index in [9.17, 15) is 9.59 Å². The van der Waals surface area contributed by atoms with Crippen LogP contribution in [0.1, 0.15) is 34.6 Å². The van der Waals surface area contributed by atoms with Crippen molar-refractivity contribution in [3.05, 3.63) is 29.5 Å². The highest BCUT2D eigenvalue weighted by Gasteiger charge is 2.20. The van der Waals surface area contributed by atoms with E-state index in [0.717, 1.165) is 0 Å². The largest absolute Gasteiger partial charge is 0.488 e. The molecule has 0 atom stereocenters. The van der Waals surface area contributed by atoms with Gasteiger partial charge in [0.15, 0.2) is 22.9 Å². The third-order valence-corrected chi connectivity index (χ3v) is 3.24. The number of benzene rings is 1. The summed E-state index contributed by atoms with van der Waals surface area (Å²) >= 11 is 0. The molecule has 1 aromatic heterocycles. The van der Waals surface area contributed by atoms with Gasteiger partial charge in [0.25, 0.3) is 0 Å². The number of carbonyl (C=O) groups is 2. The summed E-state index contributed by atoms with van der Waals surface area (Å²) in [4.78, 5) is 25.6. The van der Waals surface area contributed by atoms with Gasteiger partial charge >= 0.3 is 0 Å². The molecule has 0 spiro atoms. The molecule has 5 nitrogen and oxygen atoms in total. The van der Waals surface area contributed by atoms with Gasteiger partial charge in [-0.05, 0) is 40.1 Å². The highest BCUT2D eigenvalue weighted by Crippen LogP contribution is 2.34. The second kappa shape index (κ2) is 6.10. The Morgan fingerprint density at radius 1 is 1.19 bits per heavy atom. The lowest BCUT2D eigenvalue weighted by molar-refractivity contribution is 0.101. The molecule has 0 amide bonds. The van der Waals surface area contributed by atoms with Crippen LogP contribution in [-0.2, 0) is 0 Å². The van der Waals surface area contributed by atoms with Crippen molar-refractivity contribution < 1.29 is 18.7 Å². The van der Waals surface area contributed by atoms with Crippen LogP contribution in [0.15, 0.2) is 22.8 Å². The second-order valence-electron chi connectivity index (χ2n) is 5.23. The van der Waals surface area contributed by atoms with E-state index >= 15 is 0 Å². The van der Waals surface area contributed by atoms with E-state index in [1.54, 1.807) is 12.1 Å². The van der Waals surface area contributed by atoms with E-state index in [4.69, 9.17) is 9.15 Å². The molecule has 21 heavy (non-hydrogen) atoms. The van der Waals surface area contributed by atoms with Crippen molar-refractivity contribution >= 4 is 22.5 Å². The van der Waals surface area contributed by atoms with Gasteiger partial charge in [-0.2, -0.15) is 0 Å². The Morgan fingerprint density at radius 2 is 1.86 bits per heavy atom. The number of Topliss-reactive ketones (excluding diaryl/α,β-unsaturated/α-hetero) is 2. The lowest BCUT2D eigenvalue weighted by atomic mass is 10.0. The summed E-state index contributed by atoms with van der Waals surface area (Å²) in [5.41, 5.74) is 1.30. The van der Waals surface area contributed by atoms with Crippen LogP contribution in [-0.4, -0.2) is 43.7 Å². The lowest BCUT2D eigenvalue weighted by Gasteiger charge is -2.14. The minimum Gasteiger partial charge on any atom is -0.488 e. The minimum atomic E-state index is -0.157. The smallest absolute Gasteiger partial charge is 0.177 e. The Bertz CT molecular complexity index is 685. The van der Waals surface area contributed by atoms with Gasteiger partial charge in [0.05, 0.1) is 11.8 Å². The molecular formula is C16H19NO4. The number of ether oxygens (including phenoxy) is 1. The standard InChI is InChI=1S/C16H19NO4/c1-10(18)13-9-14(11(2)19)16(21-8-6-17(3)4)15-12(13)5-7-20-15/h5,7,9H,6,8H2,1-4H3. The van der Waals surface area contributed by atoms with E-state index in [1.807, 2.05) is 19.0 Å². The molecule has 1 heterocycles. The number of ketones is 2. The molecule has 0 saturated carbocycles. The van der Waals surface area contributed by atoms with Crippen molar-refractivity contribution in [1.29, 1.82) is 0 Å². The van der Waals surface area contributed by atoms with Crippen LogP contribution in [0.25, 0.3) is 11.0 Å². The fourth-order valence-corrected chi connectivity index (χ4v) is 2.13. The molecule has 0 aliphatic carbocycles. The molecule has 0 bridgehead atoms. The van der Waals surface area contributed by atoms with E-state index < -0.39 is 0 Å². The second-order valence-corrected chi connectivity index (χ2v) is 5.23. The average Bonchev–Trinajstić information content (AvgIpc) is 2.86. The molecule has 5 heteroatoms. The molecule has 0 saturated heterocycles. The molecule has 0 aliphatic rings. The summed E-state index contributed by atoms with van der Waals surface area (Å²) < 4.78 is 11.2. The van der Waals surface area contributed by atoms with Gasteiger partial charge in [0.2, 0.25) is 0 Å². The van der Waals surface area contributed by atoms with E-state index in [0.29, 0.717) is 41.0 Å². The molecule has 112 valence electrons. The maximum Gasteiger partial charge on any atom is 0.177 e. The number of rotatable bonds is 6. The molecule has 2 rings (SSSR count). The Balaban J connectivity index is 2.53. The summed E-state index contributed by atoms with van der Waals surface area (Å²) in [6, 6.07) is 3.31. The first kappa shape index (κ1) is 15.3. The third kappa shape index (κ3) is 3.13. The van der Waals surface area contributed by atoms with Gasteiger partial charge in [-0.25, -0.2) is 0 Å². The Kier molecular flexibility index (Phi) is 4.43. The highest BCUT2D eigenvalue weighted by molar-refractivity contribution is 6.12. The fourth-order valence-electron chi connectivity index (χ4n) is 2.13. The van der Waals surface area contributed by atoms with Gasteiger partial charge in [0, 0.05) is 17.5 Å². The zero-order valence-corrected chi connectivity index (χ0v) is 12.7. The Labute approximate surface area is 123 Å². The minimum absolute atomic E-state index is 0.108. The summed E-state index contributed by atoms with van der Waals surface area (Å²) in [6.07, 6.45) is 1.50. The van der Waals surface area contributed by atoms with Crippen LogP contribution in [0.5, 0.6) is 5.75 Å². The number of fused-ring (bicyclic) bond motifs is 1. The van der Waals surface area contributed by atoms with Crippen LogP contribution in [0.3, 0.4) is 0 Å². The van der Waals surface area contributed by atoms with E-state index in [1.165, 1.54) is 20.1 Å². The molecule has 0 radical (unpaired) electrons.